The fraction of sp³-hybridized carbons (Fsp3) is 0.158. The van der Waals surface area contributed by atoms with Crippen molar-refractivity contribution >= 4 is 32.7 Å². The molecule has 0 saturated heterocycles. The molecule has 5 rings (SSSR count). The van der Waals surface area contributed by atoms with Crippen LogP contribution in [0.1, 0.15) is 17.0 Å². The van der Waals surface area contributed by atoms with Crippen LogP contribution < -0.4 is 0 Å². The molecule has 0 atom stereocenters. The van der Waals surface area contributed by atoms with Gasteiger partial charge in [0.2, 0.25) is 0 Å². The second-order valence-electron chi connectivity index (χ2n) is 6.29. The van der Waals surface area contributed by atoms with E-state index in [4.69, 9.17) is 4.52 Å². The second-order valence-corrected chi connectivity index (χ2v) is 6.29. The summed E-state index contributed by atoms with van der Waals surface area (Å²) in [5.41, 5.74) is 6.69. The van der Waals surface area contributed by atoms with Gasteiger partial charge in [0.1, 0.15) is 5.69 Å². The van der Waals surface area contributed by atoms with Crippen molar-refractivity contribution in [1.82, 2.24) is 20.1 Å². The summed E-state index contributed by atoms with van der Waals surface area (Å²) in [7, 11) is 0. The molecule has 0 unspecified atom stereocenters. The maximum atomic E-state index is 5.35. The highest BCUT2D eigenvalue weighted by Gasteiger charge is 2.19. The Labute approximate surface area is 137 Å². The molecule has 3 heterocycles. The van der Waals surface area contributed by atoms with E-state index in [1.807, 2.05) is 6.92 Å². The third-order valence-corrected chi connectivity index (χ3v) is 4.81. The number of para-hydroxylation sites is 1. The van der Waals surface area contributed by atoms with Crippen LogP contribution in [-0.2, 0) is 0 Å². The molecule has 5 aromatic rings. The largest absolute Gasteiger partial charge is 0.354 e. The van der Waals surface area contributed by atoms with Gasteiger partial charge >= 0.3 is 0 Å². The van der Waals surface area contributed by atoms with Crippen molar-refractivity contribution in [3.05, 3.63) is 47.3 Å². The summed E-state index contributed by atoms with van der Waals surface area (Å²) in [6, 6.07) is 10.6. The van der Waals surface area contributed by atoms with Gasteiger partial charge < -0.3 is 14.5 Å². The molecule has 0 aliphatic carbocycles. The average molecular weight is 316 g/mol. The smallest absolute Gasteiger partial charge is 0.274 e. The number of nitrogens with one attached hydrogen (secondary N) is 2. The highest BCUT2D eigenvalue weighted by atomic mass is 16.5. The molecular weight excluding hydrogens is 300 g/mol. The van der Waals surface area contributed by atoms with Crippen molar-refractivity contribution in [2.24, 2.45) is 0 Å². The molecule has 0 aliphatic rings. The van der Waals surface area contributed by atoms with Crippen LogP contribution in [0.25, 0.3) is 44.3 Å². The van der Waals surface area contributed by atoms with Gasteiger partial charge in [0.15, 0.2) is 5.82 Å². The Hall–Kier alpha value is -3.08. The average Bonchev–Trinajstić information content (AvgIpc) is 3.24. The molecule has 5 heteroatoms. The van der Waals surface area contributed by atoms with Crippen LogP contribution in [0, 0.1) is 20.8 Å². The molecule has 0 amide bonds. The number of benzene rings is 2. The van der Waals surface area contributed by atoms with E-state index in [1.165, 1.54) is 27.2 Å². The number of hydrogen-bond donors (Lipinski definition) is 2. The van der Waals surface area contributed by atoms with Crippen LogP contribution in [0.15, 0.2) is 34.9 Å². The summed E-state index contributed by atoms with van der Waals surface area (Å²) < 4.78 is 5.35. The van der Waals surface area contributed by atoms with Crippen molar-refractivity contribution in [2.45, 2.75) is 20.8 Å². The van der Waals surface area contributed by atoms with E-state index in [9.17, 15) is 0 Å². The zero-order valence-electron chi connectivity index (χ0n) is 13.7. The number of aromatic amines is 2. The van der Waals surface area contributed by atoms with E-state index in [0.717, 1.165) is 22.3 Å². The molecule has 3 aromatic heterocycles. The molecule has 0 bridgehead atoms. The number of fused-ring (bicyclic) bond motifs is 4. The first-order valence-electron chi connectivity index (χ1n) is 7.96. The summed E-state index contributed by atoms with van der Waals surface area (Å²) in [5, 5.41) is 7.57. The lowest BCUT2D eigenvalue weighted by Crippen LogP contribution is -1.82. The minimum Gasteiger partial charge on any atom is -0.354 e. The topological polar surface area (TPSA) is 70.5 Å². The lowest BCUT2D eigenvalue weighted by Gasteiger charge is -2.01. The fourth-order valence-electron chi connectivity index (χ4n) is 3.70. The minimum atomic E-state index is 0.536. The quantitative estimate of drug-likeness (QED) is 0.467. The summed E-state index contributed by atoms with van der Waals surface area (Å²) in [6.07, 6.45) is 0. The number of nitrogens with zero attached hydrogens (tertiary/aromatic N) is 2. The normalized spacial score (nSPS) is 12.0. The van der Waals surface area contributed by atoms with Gasteiger partial charge in [0.25, 0.3) is 5.89 Å². The highest BCUT2D eigenvalue weighted by molar-refractivity contribution is 6.14. The summed E-state index contributed by atoms with van der Waals surface area (Å²) in [6.45, 7) is 6.07. The van der Waals surface area contributed by atoms with Gasteiger partial charge in [-0.25, -0.2) is 0 Å². The van der Waals surface area contributed by atoms with Gasteiger partial charge in [-0.1, -0.05) is 23.4 Å². The van der Waals surface area contributed by atoms with E-state index in [-0.39, 0.29) is 0 Å². The molecule has 0 aliphatic heterocycles. The zero-order valence-corrected chi connectivity index (χ0v) is 13.7. The first-order valence-corrected chi connectivity index (χ1v) is 7.96. The zero-order chi connectivity index (χ0) is 16.4. The third-order valence-electron chi connectivity index (χ3n) is 4.81. The Bertz CT molecular complexity index is 1240. The van der Waals surface area contributed by atoms with Crippen LogP contribution >= 0.6 is 0 Å². The predicted molar refractivity (Wildman–Crippen MR) is 95.2 cm³/mol. The second kappa shape index (κ2) is 4.47. The summed E-state index contributed by atoms with van der Waals surface area (Å²) in [4.78, 5) is 11.4. The monoisotopic (exact) mass is 316 g/mol. The molecule has 0 spiro atoms. The van der Waals surface area contributed by atoms with Crippen LogP contribution in [0.5, 0.6) is 0 Å². The Morgan fingerprint density at radius 1 is 0.917 bits per heavy atom. The predicted octanol–water partition coefficient (Wildman–Crippen LogP) is 4.78. The van der Waals surface area contributed by atoms with Gasteiger partial charge in [-0.3, -0.25) is 0 Å². The van der Waals surface area contributed by atoms with Crippen molar-refractivity contribution in [1.29, 1.82) is 0 Å². The van der Waals surface area contributed by atoms with Crippen molar-refractivity contribution in [2.75, 3.05) is 0 Å². The molecule has 0 fully saturated rings. The number of rotatable bonds is 1. The fourth-order valence-corrected chi connectivity index (χ4v) is 3.70. The highest BCUT2D eigenvalue weighted by Crippen LogP contribution is 2.37. The Balaban J connectivity index is 1.91. The molecule has 24 heavy (non-hydrogen) atoms. The number of aryl methyl sites for hydroxylation is 3. The Morgan fingerprint density at radius 2 is 1.75 bits per heavy atom. The SMILES string of the molecule is Cc1noc(-c2[nH]c3cc4c([nH]c5ccccc54)c(C)c3c2C)n1. The lowest BCUT2D eigenvalue weighted by molar-refractivity contribution is 0.424. The van der Waals surface area contributed by atoms with Crippen molar-refractivity contribution < 1.29 is 4.52 Å². The number of hydrogen-bond acceptors (Lipinski definition) is 3. The van der Waals surface area contributed by atoms with Crippen molar-refractivity contribution in [3.63, 3.8) is 0 Å². The van der Waals surface area contributed by atoms with E-state index >= 15 is 0 Å². The van der Waals surface area contributed by atoms with Crippen LogP contribution in [-0.4, -0.2) is 20.1 Å². The maximum Gasteiger partial charge on any atom is 0.274 e. The molecular formula is C19H16N4O. The maximum absolute atomic E-state index is 5.35. The van der Waals surface area contributed by atoms with Gasteiger partial charge in [-0.2, -0.15) is 4.98 Å². The van der Waals surface area contributed by atoms with E-state index in [2.05, 4.69) is 64.3 Å². The van der Waals surface area contributed by atoms with Crippen LogP contribution in [0.3, 0.4) is 0 Å². The molecule has 5 nitrogen and oxygen atoms in total. The molecule has 118 valence electrons. The summed E-state index contributed by atoms with van der Waals surface area (Å²) in [5.74, 6) is 1.17. The molecule has 2 N–H and O–H groups in total. The Morgan fingerprint density at radius 3 is 2.54 bits per heavy atom. The first-order chi connectivity index (χ1) is 11.6. The van der Waals surface area contributed by atoms with Crippen LogP contribution in [0.4, 0.5) is 0 Å². The van der Waals surface area contributed by atoms with Gasteiger partial charge in [0, 0.05) is 27.2 Å². The standard InChI is InChI=1S/C19H16N4O/c1-9-16-10(2)18(19-20-11(3)23-24-19)22-15(16)8-13-12-6-4-5-7-14(12)21-17(9)13/h4-8,21-22H,1-3H3. The van der Waals surface area contributed by atoms with E-state index < -0.39 is 0 Å². The third kappa shape index (κ3) is 1.64. The molecule has 2 aromatic carbocycles. The summed E-state index contributed by atoms with van der Waals surface area (Å²) >= 11 is 0. The van der Waals surface area contributed by atoms with Gasteiger partial charge in [0.05, 0.1) is 5.52 Å². The minimum absolute atomic E-state index is 0.536. The van der Waals surface area contributed by atoms with Crippen LogP contribution in [0.2, 0.25) is 0 Å². The Kier molecular flexibility index (Phi) is 2.49. The van der Waals surface area contributed by atoms with Crippen molar-refractivity contribution in [3.8, 4) is 11.6 Å². The van der Waals surface area contributed by atoms with E-state index in [0.29, 0.717) is 11.7 Å². The van der Waals surface area contributed by atoms with Gasteiger partial charge in [-0.15, -0.1) is 0 Å². The molecule has 0 saturated carbocycles. The number of aromatic nitrogens is 4. The number of H-pyrrole nitrogens is 2. The van der Waals surface area contributed by atoms with E-state index in [1.54, 1.807) is 0 Å². The first kappa shape index (κ1) is 13.4. The van der Waals surface area contributed by atoms with Gasteiger partial charge in [-0.05, 0) is 44.0 Å². The lowest BCUT2D eigenvalue weighted by atomic mass is 10.0. The molecule has 0 radical (unpaired) electrons.